The van der Waals surface area contributed by atoms with Crippen molar-refractivity contribution in [1.29, 1.82) is 0 Å². The molecule has 1 N–H and O–H groups in total. The molecule has 0 fully saturated rings. The smallest absolute Gasteiger partial charge is 0.194 e. The summed E-state index contributed by atoms with van der Waals surface area (Å²) in [5.74, 6) is 1.65. The minimum absolute atomic E-state index is 0. The summed E-state index contributed by atoms with van der Waals surface area (Å²) < 4.78 is 24.7. The number of aliphatic imine (C=N–C) groups is 1. The van der Waals surface area contributed by atoms with Crippen LogP contribution < -0.4 is 5.32 Å². The average Bonchev–Trinajstić information content (AvgIpc) is 2.98. The molecular formula is C17H27IN6O2S. The van der Waals surface area contributed by atoms with Crippen molar-refractivity contribution in [3.8, 4) is 0 Å². The number of rotatable bonds is 7. The van der Waals surface area contributed by atoms with Crippen LogP contribution in [0.4, 0.5) is 0 Å². The van der Waals surface area contributed by atoms with Crippen molar-refractivity contribution in [2.45, 2.75) is 24.8 Å². The minimum atomic E-state index is -3.16. The Kier molecular flexibility index (Phi) is 9.16. The topological polar surface area (TPSA) is 92.5 Å². The van der Waals surface area contributed by atoms with E-state index in [4.69, 9.17) is 0 Å². The van der Waals surface area contributed by atoms with Gasteiger partial charge in [0.1, 0.15) is 12.2 Å². The van der Waals surface area contributed by atoms with Crippen LogP contribution in [0.2, 0.25) is 0 Å². The number of hydrogen-bond donors (Lipinski definition) is 1. The van der Waals surface area contributed by atoms with Gasteiger partial charge >= 0.3 is 0 Å². The van der Waals surface area contributed by atoms with Crippen LogP contribution in [0.5, 0.6) is 0 Å². The average molecular weight is 506 g/mol. The summed E-state index contributed by atoms with van der Waals surface area (Å²) in [4.78, 5) is 11.2. The zero-order chi connectivity index (χ0) is 19.2. The van der Waals surface area contributed by atoms with Crippen molar-refractivity contribution >= 4 is 39.8 Å². The predicted octanol–water partition coefficient (Wildman–Crippen LogP) is 1.48. The number of hydrogen-bond acceptors (Lipinski definition) is 5. The van der Waals surface area contributed by atoms with Crippen molar-refractivity contribution in [3.63, 3.8) is 0 Å². The molecule has 150 valence electrons. The third kappa shape index (κ3) is 7.09. The molecule has 2 rings (SSSR count). The summed E-state index contributed by atoms with van der Waals surface area (Å²) >= 11 is 0. The van der Waals surface area contributed by atoms with E-state index in [0.717, 1.165) is 30.3 Å². The molecule has 27 heavy (non-hydrogen) atoms. The molecule has 0 aliphatic rings. The van der Waals surface area contributed by atoms with Gasteiger partial charge in [-0.1, -0.05) is 12.1 Å². The summed E-state index contributed by atoms with van der Waals surface area (Å²) in [7, 11) is 0.659. The fourth-order valence-electron chi connectivity index (χ4n) is 2.41. The maximum Gasteiger partial charge on any atom is 0.194 e. The molecule has 8 nitrogen and oxygen atoms in total. The van der Waals surface area contributed by atoms with Gasteiger partial charge in [-0.15, -0.1) is 24.0 Å². The van der Waals surface area contributed by atoms with Crippen LogP contribution >= 0.6 is 24.0 Å². The van der Waals surface area contributed by atoms with E-state index in [9.17, 15) is 8.42 Å². The highest BCUT2D eigenvalue weighted by molar-refractivity contribution is 14.0. The molecule has 10 heteroatoms. The summed E-state index contributed by atoms with van der Waals surface area (Å²) in [5, 5.41) is 7.35. The monoisotopic (exact) mass is 506 g/mol. The van der Waals surface area contributed by atoms with E-state index in [0.29, 0.717) is 18.0 Å². The first-order valence-electron chi connectivity index (χ1n) is 8.42. The van der Waals surface area contributed by atoms with Crippen molar-refractivity contribution in [2.75, 3.05) is 26.4 Å². The third-order valence-electron chi connectivity index (χ3n) is 3.89. The normalized spacial score (nSPS) is 11.8. The van der Waals surface area contributed by atoms with E-state index in [2.05, 4.69) is 20.4 Å². The fraction of sp³-hybridized carbons (Fsp3) is 0.471. The molecule has 0 saturated heterocycles. The lowest BCUT2D eigenvalue weighted by Crippen LogP contribution is -2.39. The van der Waals surface area contributed by atoms with Gasteiger partial charge in [-0.2, -0.15) is 5.10 Å². The van der Waals surface area contributed by atoms with Gasteiger partial charge in [0.15, 0.2) is 15.8 Å². The number of benzene rings is 1. The summed E-state index contributed by atoms with van der Waals surface area (Å²) in [6, 6.07) is 6.95. The Hall–Kier alpha value is -1.69. The largest absolute Gasteiger partial charge is 0.357 e. The molecule has 0 amide bonds. The van der Waals surface area contributed by atoms with Gasteiger partial charge in [-0.05, 0) is 31.0 Å². The van der Waals surface area contributed by atoms with Crippen LogP contribution in [0, 0.1) is 0 Å². The number of guanidine groups is 1. The maximum atomic E-state index is 11.5. The molecule has 1 aromatic heterocycles. The fourth-order valence-corrected chi connectivity index (χ4v) is 3.04. The minimum Gasteiger partial charge on any atom is -0.357 e. The summed E-state index contributed by atoms with van der Waals surface area (Å²) in [6.07, 6.45) is 3.48. The number of nitrogens with zero attached hydrogens (tertiary/aromatic N) is 5. The first kappa shape index (κ1) is 23.3. The Morgan fingerprint density at radius 2 is 1.96 bits per heavy atom. The number of halogens is 1. The van der Waals surface area contributed by atoms with Crippen LogP contribution in [0.1, 0.15) is 18.3 Å². The number of sulfone groups is 1. The van der Waals surface area contributed by atoms with Crippen LogP contribution in [-0.2, 0) is 29.9 Å². The van der Waals surface area contributed by atoms with Crippen molar-refractivity contribution in [2.24, 2.45) is 12.0 Å². The highest BCUT2D eigenvalue weighted by Crippen LogP contribution is 2.11. The van der Waals surface area contributed by atoms with Gasteiger partial charge < -0.3 is 10.2 Å². The molecule has 0 bridgehead atoms. The lowest BCUT2D eigenvalue weighted by molar-refractivity contribution is 0.449. The summed E-state index contributed by atoms with van der Waals surface area (Å²) in [5.41, 5.74) is 1.05. The second kappa shape index (κ2) is 10.6. The van der Waals surface area contributed by atoms with Crippen molar-refractivity contribution in [3.05, 3.63) is 42.0 Å². The van der Waals surface area contributed by atoms with Crippen LogP contribution in [-0.4, -0.2) is 60.4 Å². The molecule has 0 aliphatic carbocycles. The van der Waals surface area contributed by atoms with Crippen molar-refractivity contribution in [1.82, 2.24) is 25.0 Å². The van der Waals surface area contributed by atoms with Crippen LogP contribution in [0.3, 0.4) is 0 Å². The standard InChI is InChI=1S/C17H26N6O2S.HI/c1-5-18-17(22(2)12-16-20-13-21-23(16)3)19-11-10-14-6-8-15(9-7-14)26(4,24)25;/h6-9,13H,5,10-12H2,1-4H3,(H,18,19);1H. The molecule has 0 spiro atoms. The Bertz CT molecular complexity index is 849. The number of aryl methyl sites for hydroxylation is 1. The number of nitrogens with one attached hydrogen (secondary N) is 1. The van der Waals surface area contributed by atoms with E-state index < -0.39 is 9.84 Å². The highest BCUT2D eigenvalue weighted by atomic mass is 127. The molecule has 0 saturated carbocycles. The van der Waals surface area contributed by atoms with E-state index >= 15 is 0 Å². The Morgan fingerprint density at radius 1 is 1.30 bits per heavy atom. The first-order valence-corrected chi connectivity index (χ1v) is 10.3. The Labute approximate surface area is 178 Å². The molecule has 0 aliphatic heterocycles. The molecule has 1 heterocycles. The molecule has 2 aromatic rings. The van der Waals surface area contributed by atoms with Gasteiger partial charge in [0, 0.05) is 33.4 Å². The molecule has 0 unspecified atom stereocenters. The van der Waals surface area contributed by atoms with E-state index in [1.807, 2.05) is 38.1 Å². The van der Waals surface area contributed by atoms with E-state index in [1.165, 1.54) is 12.6 Å². The van der Waals surface area contributed by atoms with Crippen molar-refractivity contribution < 1.29 is 8.42 Å². The predicted molar refractivity (Wildman–Crippen MR) is 117 cm³/mol. The zero-order valence-electron chi connectivity index (χ0n) is 16.1. The molecule has 0 atom stereocenters. The highest BCUT2D eigenvalue weighted by Gasteiger charge is 2.10. The molecular weight excluding hydrogens is 479 g/mol. The summed E-state index contributed by atoms with van der Waals surface area (Å²) in [6.45, 7) is 4.00. The second-order valence-electron chi connectivity index (χ2n) is 6.06. The van der Waals surface area contributed by atoms with Gasteiger partial charge in [0.25, 0.3) is 0 Å². The quantitative estimate of drug-likeness (QED) is 0.348. The van der Waals surface area contributed by atoms with Gasteiger partial charge in [-0.3, -0.25) is 9.67 Å². The lowest BCUT2D eigenvalue weighted by Gasteiger charge is -2.21. The van der Waals surface area contributed by atoms with E-state index in [1.54, 1.807) is 16.8 Å². The SMILES string of the molecule is CCNC(=NCCc1ccc(S(C)(=O)=O)cc1)N(C)Cc1ncnn1C.I. The van der Waals surface area contributed by atoms with Crippen LogP contribution in [0.15, 0.2) is 40.5 Å². The van der Waals surface area contributed by atoms with Crippen LogP contribution in [0.25, 0.3) is 0 Å². The lowest BCUT2D eigenvalue weighted by atomic mass is 10.1. The maximum absolute atomic E-state index is 11.5. The first-order chi connectivity index (χ1) is 12.3. The zero-order valence-corrected chi connectivity index (χ0v) is 19.2. The Morgan fingerprint density at radius 3 is 2.48 bits per heavy atom. The van der Waals surface area contributed by atoms with Gasteiger partial charge in [-0.25, -0.2) is 13.4 Å². The molecule has 0 radical (unpaired) electrons. The number of aromatic nitrogens is 3. The molecule has 1 aromatic carbocycles. The van der Waals surface area contributed by atoms with E-state index in [-0.39, 0.29) is 24.0 Å². The van der Waals surface area contributed by atoms with Gasteiger partial charge in [0.2, 0.25) is 0 Å². The Balaban J connectivity index is 0.00000364. The second-order valence-corrected chi connectivity index (χ2v) is 8.07. The van der Waals surface area contributed by atoms with Gasteiger partial charge in [0.05, 0.1) is 11.4 Å². The third-order valence-corrected chi connectivity index (χ3v) is 5.02.